The molecule has 9 rings (SSSR count). The van der Waals surface area contributed by atoms with Crippen LogP contribution in [0, 0.1) is 27.7 Å². The van der Waals surface area contributed by atoms with Crippen molar-refractivity contribution in [1.29, 1.82) is 0 Å². The lowest BCUT2D eigenvalue weighted by atomic mass is 9.74. The highest BCUT2D eigenvalue weighted by Gasteiger charge is 2.38. The van der Waals surface area contributed by atoms with E-state index in [1.165, 1.54) is 40.7 Å². The van der Waals surface area contributed by atoms with Crippen LogP contribution in [-0.4, -0.2) is 7.11 Å². The lowest BCUT2D eigenvalue weighted by Gasteiger charge is -2.33. The molecule has 0 bridgehead atoms. The molecule has 7 aromatic rings. The van der Waals surface area contributed by atoms with Gasteiger partial charge in [-0.2, -0.15) is 0 Å². The Balaban J connectivity index is 1.38. The summed E-state index contributed by atoms with van der Waals surface area (Å²) in [6.07, 6.45) is 8.94. The summed E-state index contributed by atoms with van der Waals surface area (Å²) in [7, 11) is -2.56. The van der Waals surface area contributed by atoms with Crippen molar-refractivity contribution in [3.05, 3.63) is 145 Å². The Morgan fingerprint density at radius 3 is 1.26 bits per heavy atom. The third-order valence-corrected chi connectivity index (χ3v) is 18.0. The summed E-state index contributed by atoms with van der Waals surface area (Å²) in [6.45, 7) is 42.6. The van der Waals surface area contributed by atoms with E-state index in [1.807, 2.05) is 0 Å². The van der Waals surface area contributed by atoms with E-state index in [9.17, 15) is 0 Å². The van der Waals surface area contributed by atoms with Crippen LogP contribution in [0.5, 0.6) is 28.7 Å². The molecular formula is C69H88O7P2. The molecule has 0 amide bonds. The van der Waals surface area contributed by atoms with Crippen LogP contribution < -0.4 is 22.8 Å². The van der Waals surface area contributed by atoms with E-state index < -0.39 is 27.7 Å². The van der Waals surface area contributed by atoms with E-state index in [4.69, 9.17) is 31.2 Å². The van der Waals surface area contributed by atoms with E-state index in [0.717, 1.165) is 133 Å². The van der Waals surface area contributed by atoms with Crippen LogP contribution in [0.2, 0.25) is 0 Å². The maximum absolute atomic E-state index is 7.81. The number of hydrogen-bond acceptors (Lipinski definition) is 7. The average Bonchev–Trinajstić information content (AvgIpc) is 3.61. The van der Waals surface area contributed by atoms with E-state index in [2.05, 4.69) is 204 Å². The smallest absolute Gasteiger partial charge is 0.496 e. The maximum Gasteiger partial charge on any atom is 0.530 e. The van der Waals surface area contributed by atoms with Gasteiger partial charge in [0.1, 0.15) is 39.9 Å². The number of aryl methyl sites for hydroxylation is 6. The predicted octanol–water partition coefficient (Wildman–Crippen LogP) is 21.1. The molecule has 0 atom stereocenters. The van der Waals surface area contributed by atoms with Gasteiger partial charge in [-0.3, -0.25) is 0 Å². The Bertz CT molecular complexity index is 3330. The molecule has 0 spiro atoms. The van der Waals surface area contributed by atoms with Crippen molar-refractivity contribution in [3.63, 3.8) is 0 Å². The molecule has 0 saturated carbocycles. The third-order valence-electron chi connectivity index (χ3n) is 16.0. The first-order valence-electron chi connectivity index (χ1n) is 28.5. The van der Waals surface area contributed by atoms with Gasteiger partial charge in [-0.1, -0.05) is 134 Å². The fourth-order valence-electron chi connectivity index (χ4n) is 11.8. The zero-order chi connectivity index (χ0) is 56.6. The monoisotopic (exact) mass is 1090 g/mol. The van der Waals surface area contributed by atoms with Crippen LogP contribution in [0.4, 0.5) is 0 Å². The molecule has 0 fully saturated rings. The van der Waals surface area contributed by atoms with E-state index in [1.54, 1.807) is 7.11 Å². The van der Waals surface area contributed by atoms with Crippen molar-refractivity contribution in [2.24, 2.45) is 0 Å². The second kappa shape index (κ2) is 21.3. The van der Waals surface area contributed by atoms with Crippen molar-refractivity contribution in [2.75, 3.05) is 7.11 Å². The van der Waals surface area contributed by atoms with Crippen LogP contribution in [0.1, 0.15) is 202 Å². The first kappa shape index (κ1) is 57.3. The molecule has 78 heavy (non-hydrogen) atoms. The van der Waals surface area contributed by atoms with Crippen LogP contribution >= 0.6 is 16.8 Å². The van der Waals surface area contributed by atoms with Crippen molar-refractivity contribution in [2.45, 2.75) is 210 Å². The average molecular weight is 1090 g/mol. The molecule has 9 heteroatoms. The number of ether oxygens (including phenoxy) is 1. The van der Waals surface area contributed by atoms with E-state index >= 15 is 0 Å². The van der Waals surface area contributed by atoms with Gasteiger partial charge in [0.2, 0.25) is 0 Å². The lowest BCUT2D eigenvalue weighted by Crippen LogP contribution is -2.20. The second-order valence-corrected chi connectivity index (χ2v) is 29.6. The van der Waals surface area contributed by atoms with Gasteiger partial charge >= 0.3 is 16.8 Å². The number of methoxy groups -OCH3 is 1. The standard InChI is InChI=1S/C69H88O7P2/c1-41-33-51-52-34-42(2)36-55(67(11,12)13)62(52)74-78(73-61(51)54(35-41)66(8,9)10)76-63-56(68(14,15)16)39-53(65(5,6)7)43(3)59(63)60-44(4)58(70-20)40-57(69(17,18)19)64(60)75-77(71-49-31-29-45-25-21-23-27-47(45)37-49)72-50-32-30-46-26-22-24-28-48(46)38-50/h29-40H,21-28H2,1-20H3. The molecule has 416 valence electrons. The molecule has 0 N–H and O–H groups in total. The van der Waals surface area contributed by atoms with Crippen molar-refractivity contribution >= 4 is 38.8 Å². The third kappa shape index (κ3) is 11.8. The second-order valence-electron chi connectivity index (χ2n) is 27.7. The summed E-state index contributed by atoms with van der Waals surface area (Å²) in [5, 5.41) is 2.02. The normalized spacial score (nSPS) is 14.4. The number of rotatable bonds is 10. The van der Waals surface area contributed by atoms with Crippen LogP contribution in [0.25, 0.3) is 33.1 Å². The molecule has 7 nitrogen and oxygen atoms in total. The Morgan fingerprint density at radius 2 is 0.833 bits per heavy atom. The summed E-state index contributed by atoms with van der Waals surface area (Å²) in [5.74, 6) is 3.54. The first-order chi connectivity index (χ1) is 36.4. The van der Waals surface area contributed by atoms with Gasteiger partial charge in [-0.25, -0.2) is 0 Å². The largest absolute Gasteiger partial charge is 0.530 e. The number of hydrogen-bond donors (Lipinski definition) is 0. The Hall–Kier alpha value is -5.35. The molecule has 0 unspecified atom stereocenters. The highest BCUT2D eigenvalue weighted by Crippen LogP contribution is 2.58. The van der Waals surface area contributed by atoms with Gasteiger partial charge in [0.05, 0.1) is 7.11 Å². The van der Waals surface area contributed by atoms with Crippen LogP contribution in [0.15, 0.2) is 81.2 Å². The van der Waals surface area contributed by atoms with Crippen LogP contribution in [-0.2, 0) is 52.8 Å². The van der Waals surface area contributed by atoms with Crippen molar-refractivity contribution in [1.82, 2.24) is 0 Å². The summed E-state index contributed by atoms with van der Waals surface area (Å²) in [6, 6.07) is 26.6. The maximum atomic E-state index is 7.81. The summed E-state index contributed by atoms with van der Waals surface area (Å²) < 4.78 is 51.1. The van der Waals surface area contributed by atoms with Crippen molar-refractivity contribution in [3.8, 4) is 39.9 Å². The molecule has 0 aliphatic heterocycles. The van der Waals surface area contributed by atoms with E-state index in [-0.39, 0.29) is 16.2 Å². The molecule has 0 radical (unpaired) electrons. The summed E-state index contributed by atoms with van der Waals surface area (Å²) in [4.78, 5) is 0. The topological polar surface area (TPSA) is 72.4 Å². The van der Waals surface area contributed by atoms with E-state index in [0.29, 0.717) is 11.5 Å². The first-order valence-corrected chi connectivity index (χ1v) is 30.7. The molecule has 1 aromatic heterocycles. The Kier molecular flexibility index (Phi) is 15.6. The van der Waals surface area contributed by atoms with Gasteiger partial charge in [0.15, 0.2) is 0 Å². The lowest BCUT2D eigenvalue weighted by molar-refractivity contribution is 0.378. The van der Waals surface area contributed by atoms with Gasteiger partial charge in [0, 0.05) is 49.7 Å². The summed E-state index contributed by atoms with van der Waals surface area (Å²) in [5.41, 5.74) is 16.7. The van der Waals surface area contributed by atoms with Crippen LogP contribution in [0.3, 0.4) is 0 Å². The van der Waals surface area contributed by atoms with Gasteiger partial charge < -0.3 is 31.2 Å². The zero-order valence-corrected chi connectivity index (χ0v) is 52.6. The molecule has 0 saturated heterocycles. The zero-order valence-electron chi connectivity index (χ0n) is 50.8. The molecule has 2 aliphatic rings. The minimum absolute atomic E-state index is 0.265. The van der Waals surface area contributed by atoms with Gasteiger partial charge in [0.25, 0.3) is 0 Å². The summed E-state index contributed by atoms with van der Waals surface area (Å²) >= 11 is 0. The molecule has 1 heterocycles. The minimum atomic E-state index is -2.18. The fourth-order valence-corrected chi connectivity index (χ4v) is 13.9. The fraction of sp³-hybridized carbons (Fsp3) is 0.478. The SMILES string of the molecule is COc1cc(C(C)(C)C)c(OP(Oc2ccc3c(c2)CCCC3)Oc2ccc3c(c2)CCCC3)c(-c2c(C)c(C(C)(C)C)cc(C(C)(C)C)c2Op2oc3c(C(C)(C)C)cc(C)cc3c3cc(C)cc(C(C)(C)C)c3o2)c1C. The Morgan fingerprint density at radius 1 is 0.423 bits per heavy atom. The van der Waals surface area contributed by atoms with Crippen molar-refractivity contribution < 1.29 is 31.2 Å². The van der Waals surface area contributed by atoms with Gasteiger partial charge in [-0.15, -0.1) is 0 Å². The molecule has 2 aliphatic carbocycles. The van der Waals surface area contributed by atoms with Gasteiger partial charge in [-0.05, 0) is 193 Å². The highest BCUT2D eigenvalue weighted by atomic mass is 31.2. The Labute approximate surface area is 469 Å². The highest BCUT2D eigenvalue weighted by molar-refractivity contribution is 7.43. The predicted molar refractivity (Wildman–Crippen MR) is 328 cm³/mol. The quantitative estimate of drug-likeness (QED) is 0.126. The minimum Gasteiger partial charge on any atom is -0.496 e. The molecular weight excluding hydrogens is 1000 g/mol. The number of fused-ring (bicyclic) bond motifs is 5. The molecule has 6 aromatic carbocycles. The number of benzene rings is 6.